The van der Waals surface area contributed by atoms with Crippen LogP contribution >= 0.6 is 22.9 Å². The molecule has 1 N–H and O–H groups in total. The number of thiazole rings is 1. The van der Waals surface area contributed by atoms with Gasteiger partial charge in [0.25, 0.3) is 0 Å². The van der Waals surface area contributed by atoms with Gasteiger partial charge in [-0.2, -0.15) is 4.37 Å². The molecule has 3 rings (SSSR count). The molecule has 0 atom stereocenters. The van der Waals surface area contributed by atoms with E-state index in [-0.39, 0.29) is 0 Å². The van der Waals surface area contributed by atoms with E-state index in [1.165, 1.54) is 11.5 Å². The summed E-state index contributed by atoms with van der Waals surface area (Å²) >= 11 is 2.99. The maximum Gasteiger partial charge on any atom is 0.207 e. The first kappa shape index (κ1) is 12.5. The summed E-state index contributed by atoms with van der Waals surface area (Å²) in [5.41, 5.74) is 3.88. The van der Waals surface area contributed by atoms with Gasteiger partial charge in [0.05, 0.1) is 22.3 Å². The Hall–Kier alpha value is -1.57. The average Bonchev–Trinajstić information content (AvgIpc) is 3.05. The predicted molar refractivity (Wildman–Crippen MR) is 78.4 cm³/mol. The summed E-state index contributed by atoms with van der Waals surface area (Å²) in [4.78, 5) is 8.67. The van der Waals surface area contributed by atoms with Crippen molar-refractivity contribution in [1.82, 2.24) is 14.3 Å². The van der Waals surface area contributed by atoms with Gasteiger partial charge in [-0.3, -0.25) is 0 Å². The van der Waals surface area contributed by atoms with E-state index in [1.807, 2.05) is 17.6 Å². The fourth-order valence-corrected chi connectivity index (χ4v) is 3.01. The number of hydrogen-bond acceptors (Lipinski definition) is 7. The molecule has 0 aliphatic heterocycles. The Bertz CT molecular complexity index is 679. The Morgan fingerprint density at radius 2 is 2.32 bits per heavy atom. The van der Waals surface area contributed by atoms with Crippen LogP contribution in [0.5, 0.6) is 0 Å². The minimum atomic E-state index is 0.642. The Morgan fingerprint density at radius 3 is 3.21 bits per heavy atom. The van der Waals surface area contributed by atoms with Gasteiger partial charge in [0.1, 0.15) is 5.82 Å². The number of hydrogen-bond donors (Lipinski definition) is 1. The van der Waals surface area contributed by atoms with E-state index in [9.17, 15) is 0 Å². The molecule has 0 radical (unpaired) electrons. The third-order valence-corrected chi connectivity index (χ3v) is 4.04. The normalized spacial score (nSPS) is 11.0. The molecule has 0 saturated carbocycles. The Labute approximate surface area is 118 Å². The zero-order valence-corrected chi connectivity index (χ0v) is 11.9. The quantitative estimate of drug-likeness (QED) is 0.783. The second kappa shape index (κ2) is 5.60. The molecule has 0 amide bonds. The van der Waals surface area contributed by atoms with Crippen molar-refractivity contribution < 1.29 is 4.74 Å². The second-order valence-corrected chi connectivity index (χ2v) is 5.56. The number of benzene rings is 1. The van der Waals surface area contributed by atoms with E-state index in [4.69, 9.17) is 4.74 Å². The SMILES string of the molecule is COCCc1nsc(Nc2ccc3ncsc3c2)n1. The highest BCUT2D eigenvalue weighted by molar-refractivity contribution is 7.16. The lowest BCUT2D eigenvalue weighted by Gasteiger charge is -2.01. The Balaban J connectivity index is 1.74. The summed E-state index contributed by atoms with van der Waals surface area (Å²) in [6, 6.07) is 6.07. The first-order valence-electron chi connectivity index (χ1n) is 5.77. The third kappa shape index (κ3) is 2.89. The van der Waals surface area contributed by atoms with Crippen LogP contribution in [0.15, 0.2) is 23.7 Å². The average molecular weight is 292 g/mol. The van der Waals surface area contributed by atoms with Crippen LogP contribution in [0, 0.1) is 0 Å². The number of fused-ring (bicyclic) bond motifs is 1. The standard InChI is InChI=1S/C12H12N4OS2/c1-17-5-4-11-15-12(19-16-11)14-8-2-3-9-10(6-8)18-7-13-9/h2-3,6-7H,4-5H2,1H3,(H,14,15,16). The van der Waals surface area contributed by atoms with Gasteiger partial charge >= 0.3 is 0 Å². The molecule has 0 saturated heterocycles. The van der Waals surface area contributed by atoms with E-state index in [0.29, 0.717) is 6.61 Å². The van der Waals surface area contributed by atoms with Gasteiger partial charge in [-0.1, -0.05) is 0 Å². The summed E-state index contributed by atoms with van der Waals surface area (Å²) in [5, 5.41) is 4.07. The highest BCUT2D eigenvalue weighted by Crippen LogP contribution is 2.25. The number of rotatable bonds is 5. The van der Waals surface area contributed by atoms with Gasteiger partial charge in [0.15, 0.2) is 0 Å². The lowest BCUT2D eigenvalue weighted by molar-refractivity contribution is 0.201. The highest BCUT2D eigenvalue weighted by atomic mass is 32.1. The van der Waals surface area contributed by atoms with Crippen molar-refractivity contribution in [3.8, 4) is 0 Å². The summed E-state index contributed by atoms with van der Waals surface area (Å²) in [5.74, 6) is 0.813. The smallest absolute Gasteiger partial charge is 0.207 e. The third-order valence-electron chi connectivity index (χ3n) is 2.58. The molecule has 0 bridgehead atoms. The van der Waals surface area contributed by atoms with Crippen LogP contribution in [0.2, 0.25) is 0 Å². The predicted octanol–water partition coefficient (Wildman–Crippen LogP) is 3.08. The van der Waals surface area contributed by atoms with Crippen molar-refractivity contribution in [2.45, 2.75) is 6.42 Å². The molecule has 0 aliphatic rings. The van der Waals surface area contributed by atoms with E-state index in [1.54, 1.807) is 18.4 Å². The highest BCUT2D eigenvalue weighted by Gasteiger charge is 2.05. The summed E-state index contributed by atoms with van der Waals surface area (Å²) < 4.78 is 10.5. The van der Waals surface area contributed by atoms with E-state index in [0.717, 1.165) is 33.3 Å². The Morgan fingerprint density at radius 1 is 1.37 bits per heavy atom. The number of anilines is 2. The van der Waals surface area contributed by atoms with Crippen molar-refractivity contribution in [2.24, 2.45) is 0 Å². The maximum atomic E-state index is 5.01. The van der Waals surface area contributed by atoms with Gasteiger partial charge in [-0.15, -0.1) is 11.3 Å². The molecule has 3 aromatic rings. The largest absolute Gasteiger partial charge is 0.384 e. The lowest BCUT2D eigenvalue weighted by atomic mass is 10.3. The molecule has 7 heteroatoms. The van der Waals surface area contributed by atoms with Gasteiger partial charge in [-0.25, -0.2) is 9.97 Å². The molecule has 1 aromatic carbocycles. The minimum Gasteiger partial charge on any atom is -0.384 e. The Kier molecular flexibility index (Phi) is 3.67. The summed E-state index contributed by atoms with van der Waals surface area (Å²) in [6.45, 7) is 0.642. The first-order chi connectivity index (χ1) is 9.35. The fourth-order valence-electron chi connectivity index (χ4n) is 1.66. The van der Waals surface area contributed by atoms with Crippen molar-refractivity contribution in [2.75, 3.05) is 19.0 Å². The monoisotopic (exact) mass is 292 g/mol. The van der Waals surface area contributed by atoms with Crippen LogP contribution < -0.4 is 5.32 Å². The van der Waals surface area contributed by atoms with Crippen LogP contribution in [0.3, 0.4) is 0 Å². The van der Waals surface area contributed by atoms with Crippen LogP contribution in [0.25, 0.3) is 10.2 Å². The number of nitrogens with zero attached hydrogens (tertiary/aromatic N) is 3. The van der Waals surface area contributed by atoms with Crippen LogP contribution in [0.1, 0.15) is 5.82 Å². The molecule has 0 fully saturated rings. The number of methoxy groups -OCH3 is 1. The summed E-state index contributed by atoms with van der Waals surface area (Å²) in [6.07, 6.45) is 0.739. The number of ether oxygens (including phenoxy) is 1. The zero-order valence-electron chi connectivity index (χ0n) is 10.3. The lowest BCUT2D eigenvalue weighted by Crippen LogP contribution is -1.96. The molecule has 0 aliphatic carbocycles. The fraction of sp³-hybridized carbons (Fsp3) is 0.250. The van der Waals surface area contributed by atoms with Crippen molar-refractivity contribution >= 4 is 43.9 Å². The van der Waals surface area contributed by atoms with E-state index >= 15 is 0 Å². The van der Waals surface area contributed by atoms with Crippen molar-refractivity contribution in [3.63, 3.8) is 0 Å². The minimum absolute atomic E-state index is 0.642. The van der Waals surface area contributed by atoms with Crippen molar-refractivity contribution in [1.29, 1.82) is 0 Å². The molecular formula is C12H12N4OS2. The molecule has 98 valence electrons. The molecular weight excluding hydrogens is 280 g/mol. The summed E-state index contributed by atoms with van der Waals surface area (Å²) in [7, 11) is 1.68. The van der Waals surface area contributed by atoms with Crippen molar-refractivity contribution in [3.05, 3.63) is 29.5 Å². The number of aromatic nitrogens is 3. The first-order valence-corrected chi connectivity index (χ1v) is 7.42. The molecule has 19 heavy (non-hydrogen) atoms. The molecule has 0 unspecified atom stereocenters. The molecule has 2 heterocycles. The van der Waals surface area contributed by atoms with Crippen LogP contribution in [0.4, 0.5) is 10.8 Å². The van der Waals surface area contributed by atoms with Gasteiger partial charge in [0.2, 0.25) is 5.13 Å². The topological polar surface area (TPSA) is 59.9 Å². The molecule has 5 nitrogen and oxygen atoms in total. The van der Waals surface area contributed by atoms with Gasteiger partial charge in [-0.05, 0) is 18.2 Å². The van der Waals surface area contributed by atoms with E-state index < -0.39 is 0 Å². The van der Waals surface area contributed by atoms with Crippen LogP contribution in [-0.4, -0.2) is 28.1 Å². The number of nitrogens with one attached hydrogen (secondary N) is 1. The van der Waals surface area contributed by atoms with E-state index in [2.05, 4.69) is 25.7 Å². The van der Waals surface area contributed by atoms with Gasteiger partial charge in [0, 0.05) is 30.8 Å². The maximum absolute atomic E-state index is 5.01. The molecule has 0 spiro atoms. The van der Waals surface area contributed by atoms with Crippen LogP contribution in [-0.2, 0) is 11.2 Å². The second-order valence-electron chi connectivity index (χ2n) is 3.92. The zero-order chi connectivity index (χ0) is 13.1. The van der Waals surface area contributed by atoms with Gasteiger partial charge < -0.3 is 10.1 Å². The molecule has 2 aromatic heterocycles.